The fraction of sp³-hybridized carbons (Fsp3) is 0.222. The summed E-state index contributed by atoms with van der Waals surface area (Å²) in [5.74, 6) is -0.806. The molecule has 1 aromatic carbocycles. The molecule has 3 rings (SSSR count). The first-order chi connectivity index (χ1) is 12.9. The Balaban J connectivity index is 1.60. The predicted molar refractivity (Wildman–Crippen MR) is 99.4 cm³/mol. The zero-order valence-corrected chi connectivity index (χ0v) is 14.9. The molecule has 140 valence electrons. The Hall–Kier alpha value is -3.62. The molecule has 0 aliphatic rings. The molecule has 2 heterocycles. The van der Waals surface area contributed by atoms with Crippen LogP contribution in [0.5, 0.6) is 0 Å². The number of hydrogen-bond acceptors (Lipinski definition) is 4. The molecular formula is C18H19N5O4. The summed E-state index contributed by atoms with van der Waals surface area (Å²) in [4.78, 5) is 50.8. The van der Waals surface area contributed by atoms with E-state index in [9.17, 15) is 19.2 Å². The zero-order chi connectivity index (χ0) is 19.6. The maximum atomic E-state index is 12.3. The van der Waals surface area contributed by atoms with Gasteiger partial charge in [0.2, 0.25) is 5.91 Å². The monoisotopic (exact) mass is 369 g/mol. The molecule has 2 aromatic heterocycles. The van der Waals surface area contributed by atoms with Crippen LogP contribution in [0.3, 0.4) is 0 Å². The van der Waals surface area contributed by atoms with Gasteiger partial charge in [0.1, 0.15) is 0 Å². The molecule has 0 radical (unpaired) electrons. The molecule has 2 amide bonds. The van der Waals surface area contributed by atoms with Crippen molar-refractivity contribution in [2.45, 2.75) is 6.54 Å². The van der Waals surface area contributed by atoms with E-state index < -0.39 is 17.2 Å². The molecule has 0 atom stereocenters. The third-order valence-electron chi connectivity index (χ3n) is 4.34. The second-order valence-corrected chi connectivity index (χ2v) is 6.08. The van der Waals surface area contributed by atoms with Gasteiger partial charge in [-0.1, -0.05) is 18.2 Å². The first-order valence-corrected chi connectivity index (χ1v) is 8.25. The number of carbonyl (C=O) groups excluding carboxylic acids is 2. The molecule has 9 nitrogen and oxygen atoms in total. The molecule has 3 N–H and O–H groups in total. The van der Waals surface area contributed by atoms with Gasteiger partial charge in [0, 0.05) is 43.0 Å². The molecule has 0 unspecified atom stereocenters. The molecule has 0 aliphatic carbocycles. The second-order valence-electron chi connectivity index (χ2n) is 6.08. The standard InChI is InChI=1S/C18H19N5O4/c1-22-11(7-16(25)23(2)18(22)27)8-20-15(24)10-21-17(26)13-9-19-14-6-4-3-5-12(13)14/h3-7,9,19H,8,10H2,1-2H3,(H,20,24)(H,21,26). The number of para-hydroxylation sites is 1. The van der Waals surface area contributed by atoms with E-state index in [1.807, 2.05) is 24.3 Å². The third kappa shape index (κ3) is 3.66. The summed E-state index contributed by atoms with van der Waals surface area (Å²) in [6.07, 6.45) is 1.59. The average molecular weight is 369 g/mol. The number of nitrogens with zero attached hydrogens (tertiary/aromatic N) is 2. The molecule has 0 spiro atoms. The van der Waals surface area contributed by atoms with Crippen molar-refractivity contribution in [1.29, 1.82) is 0 Å². The van der Waals surface area contributed by atoms with Crippen molar-refractivity contribution in [2.24, 2.45) is 14.1 Å². The maximum Gasteiger partial charge on any atom is 0.330 e. The Labute approximate surface area is 153 Å². The van der Waals surface area contributed by atoms with Gasteiger partial charge in [-0.2, -0.15) is 0 Å². The van der Waals surface area contributed by atoms with Crippen LogP contribution in [-0.4, -0.2) is 32.5 Å². The Bertz CT molecular complexity index is 1140. The molecule has 27 heavy (non-hydrogen) atoms. The molecule has 0 saturated heterocycles. The van der Waals surface area contributed by atoms with Gasteiger partial charge < -0.3 is 15.6 Å². The molecule has 0 saturated carbocycles. The van der Waals surface area contributed by atoms with Crippen molar-refractivity contribution < 1.29 is 9.59 Å². The van der Waals surface area contributed by atoms with Crippen LogP contribution in [0.2, 0.25) is 0 Å². The molecule has 3 aromatic rings. The smallest absolute Gasteiger partial charge is 0.330 e. The molecule has 0 bridgehead atoms. The van der Waals surface area contributed by atoms with Gasteiger partial charge in [-0.3, -0.25) is 23.5 Å². The Morgan fingerprint density at radius 1 is 1.07 bits per heavy atom. The number of hydrogen-bond donors (Lipinski definition) is 3. The predicted octanol–water partition coefficient (Wildman–Crippen LogP) is -0.388. The maximum absolute atomic E-state index is 12.3. The van der Waals surface area contributed by atoms with Gasteiger partial charge in [0.05, 0.1) is 18.7 Å². The van der Waals surface area contributed by atoms with E-state index in [1.165, 1.54) is 24.7 Å². The topological polar surface area (TPSA) is 118 Å². The summed E-state index contributed by atoms with van der Waals surface area (Å²) >= 11 is 0. The summed E-state index contributed by atoms with van der Waals surface area (Å²) in [5, 5.41) is 5.91. The summed E-state index contributed by atoms with van der Waals surface area (Å²) in [5.41, 5.74) is 0.736. The summed E-state index contributed by atoms with van der Waals surface area (Å²) in [6, 6.07) is 8.64. The second kappa shape index (κ2) is 7.32. The highest BCUT2D eigenvalue weighted by atomic mass is 16.2. The third-order valence-corrected chi connectivity index (χ3v) is 4.34. The minimum absolute atomic E-state index is 0.00358. The van der Waals surface area contributed by atoms with Crippen molar-refractivity contribution in [2.75, 3.05) is 6.54 Å². The van der Waals surface area contributed by atoms with Crippen LogP contribution >= 0.6 is 0 Å². The van der Waals surface area contributed by atoms with Gasteiger partial charge in [-0.15, -0.1) is 0 Å². The highest BCUT2D eigenvalue weighted by Gasteiger charge is 2.13. The highest BCUT2D eigenvalue weighted by molar-refractivity contribution is 6.07. The lowest BCUT2D eigenvalue weighted by Gasteiger charge is -2.11. The molecule has 0 fully saturated rings. The number of amides is 2. The van der Waals surface area contributed by atoms with Crippen LogP contribution in [0, 0.1) is 0 Å². The lowest BCUT2D eigenvalue weighted by molar-refractivity contribution is -0.120. The van der Waals surface area contributed by atoms with Crippen molar-refractivity contribution in [3.63, 3.8) is 0 Å². The Kier molecular flexibility index (Phi) is 4.93. The Morgan fingerprint density at radius 3 is 2.59 bits per heavy atom. The zero-order valence-electron chi connectivity index (χ0n) is 14.9. The van der Waals surface area contributed by atoms with E-state index in [0.717, 1.165) is 15.5 Å². The first-order valence-electron chi connectivity index (χ1n) is 8.25. The average Bonchev–Trinajstić information content (AvgIpc) is 3.10. The summed E-state index contributed by atoms with van der Waals surface area (Å²) in [7, 11) is 2.90. The van der Waals surface area contributed by atoms with Crippen LogP contribution in [0.15, 0.2) is 46.1 Å². The normalized spacial score (nSPS) is 10.7. The number of aromatic nitrogens is 3. The van der Waals surface area contributed by atoms with Gasteiger partial charge in [0.25, 0.3) is 11.5 Å². The minimum atomic E-state index is -0.473. The van der Waals surface area contributed by atoms with Gasteiger partial charge in [-0.25, -0.2) is 4.79 Å². The van der Waals surface area contributed by atoms with Crippen molar-refractivity contribution >= 4 is 22.7 Å². The van der Waals surface area contributed by atoms with Crippen LogP contribution in [0.25, 0.3) is 10.9 Å². The molecule has 0 aliphatic heterocycles. The number of H-pyrrole nitrogens is 1. The fourth-order valence-corrected chi connectivity index (χ4v) is 2.71. The minimum Gasteiger partial charge on any atom is -0.360 e. The molecule has 9 heteroatoms. The molecular weight excluding hydrogens is 350 g/mol. The quantitative estimate of drug-likeness (QED) is 0.568. The van der Waals surface area contributed by atoms with E-state index in [1.54, 1.807) is 6.20 Å². The van der Waals surface area contributed by atoms with Gasteiger partial charge in [0.15, 0.2) is 0 Å². The van der Waals surface area contributed by atoms with Crippen molar-refractivity contribution in [3.8, 4) is 0 Å². The van der Waals surface area contributed by atoms with Crippen LogP contribution < -0.4 is 21.9 Å². The number of aromatic amines is 1. The van der Waals surface area contributed by atoms with E-state index in [-0.39, 0.29) is 19.0 Å². The van der Waals surface area contributed by atoms with Gasteiger partial charge in [-0.05, 0) is 6.07 Å². The number of fused-ring (bicyclic) bond motifs is 1. The van der Waals surface area contributed by atoms with Crippen molar-refractivity contribution in [3.05, 3.63) is 68.6 Å². The Morgan fingerprint density at radius 2 is 1.81 bits per heavy atom. The SMILES string of the molecule is Cn1c(CNC(=O)CNC(=O)c2c[nH]c3ccccc23)cc(=O)n(C)c1=O. The van der Waals surface area contributed by atoms with Crippen molar-refractivity contribution in [1.82, 2.24) is 24.8 Å². The van der Waals surface area contributed by atoms with E-state index in [2.05, 4.69) is 15.6 Å². The number of carbonyl (C=O) groups is 2. The van der Waals surface area contributed by atoms with Crippen LogP contribution in [0.1, 0.15) is 16.1 Å². The first kappa shape index (κ1) is 18.2. The van der Waals surface area contributed by atoms with E-state index in [4.69, 9.17) is 0 Å². The number of nitrogens with one attached hydrogen (secondary N) is 3. The largest absolute Gasteiger partial charge is 0.360 e. The van der Waals surface area contributed by atoms with Crippen LogP contribution in [-0.2, 0) is 25.4 Å². The summed E-state index contributed by atoms with van der Waals surface area (Å²) in [6.45, 7) is -0.221. The van der Waals surface area contributed by atoms with Crippen LogP contribution in [0.4, 0.5) is 0 Å². The highest BCUT2D eigenvalue weighted by Crippen LogP contribution is 2.17. The fourth-order valence-electron chi connectivity index (χ4n) is 2.71. The van der Waals surface area contributed by atoms with E-state index >= 15 is 0 Å². The lowest BCUT2D eigenvalue weighted by atomic mass is 10.1. The van der Waals surface area contributed by atoms with E-state index in [0.29, 0.717) is 11.3 Å². The summed E-state index contributed by atoms with van der Waals surface area (Å²) < 4.78 is 2.26. The number of rotatable bonds is 5. The number of benzene rings is 1. The lowest BCUT2D eigenvalue weighted by Crippen LogP contribution is -2.41. The van der Waals surface area contributed by atoms with Gasteiger partial charge >= 0.3 is 5.69 Å².